The molecule has 1 atom stereocenters. The van der Waals surface area contributed by atoms with Gasteiger partial charge in [-0.25, -0.2) is 0 Å². The molecule has 0 aromatic heterocycles. The number of aliphatic hydroxyl groups is 1. The molecule has 0 bridgehead atoms. The Kier molecular flexibility index (Phi) is 5.87. The van der Waals surface area contributed by atoms with Gasteiger partial charge in [-0.15, -0.1) is 6.58 Å². The van der Waals surface area contributed by atoms with Crippen LogP contribution in [0.1, 0.15) is 35.2 Å². The number of rotatable bonds is 6. The zero-order valence-corrected chi connectivity index (χ0v) is 16.9. The highest BCUT2D eigenvalue weighted by atomic mass is 16.5. The minimum atomic E-state index is -0.693. The molecule has 0 spiro atoms. The maximum atomic E-state index is 12.8. The third-order valence-corrected chi connectivity index (χ3v) is 5.01. The Balaban J connectivity index is 2.15. The van der Waals surface area contributed by atoms with E-state index in [9.17, 15) is 14.7 Å². The number of hydrogen-bond acceptors (Lipinski definition) is 4. The fourth-order valence-electron chi connectivity index (χ4n) is 3.57. The summed E-state index contributed by atoms with van der Waals surface area (Å²) in [5.74, 6) is -0.806. The van der Waals surface area contributed by atoms with Crippen LogP contribution in [0.3, 0.4) is 0 Å². The largest absolute Gasteiger partial charge is 0.507 e. The molecule has 3 rings (SSSR count). The van der Waals surface area contributed by atoms with Gasteiger partial charge in [-0.1, -0.05) is 35.9 Å². The second-order valence-electron chi connectivity index (χ2n) is 7.06. The quantitative estimate of drug-likeness (QED) is 0.345. The molecule has 5 heteroatoms. The lowest BCUT2D eigenvalue weighted by Gasteiger charge is -2.24. The fraction of sp³-hybridized carbons (Fsp3) is 0.250. The van der Waals surface area contributed by atoms with Crippen LogP contribution < -0.4 is 4.74 Å². The Hall–Kier alpha value is -3.34. The van der Waals surface area contributed by atoms with E-state index in [1.807, 2.05) is 45.0 Å². The summed E-state index contributed by atoms with van der Waals surface area (Å²) < 4.78 is 5.55. The van der Waals surface area contributed by atoms with E-state index in [4.69, 9.17) is 4.74 Å². The molecule has 0 aliphatic carbocycles. The number of carbonyl (C=O) groups is 2. The van der Waals surface area contributed by atoms with E-state index in [0.717, 1.165) is 16.7 Å². The van der Waals surface area contributed by atoms with Crippen molar-refractivity contribution in [2.75, 3.05) is 13.2 Å². The lowest BCUT2D eigenvalue weighted by Crippen LogP contribution is -2.29. The summed E-state index contributed by atoms with van der Waals surface area (Å²) in [6.45, 7) is 10.2. The van der Waals surface area contributed by atoms with Crippen LogP contribution in [0.5, 0.6) is 5.75 Å². The highest BCUT2D eigenvalue weighted by Gasteiger charge is 2.45. The van der Waals surface area contributed by atoms with Crippen molar-refractivity contribution in [1.29, 1.82) is 0 Å². The number of nitrogens with zero attached hydrogens (tertiary/aromatic N) is 1. The molecule has 1 unspecified atom stereocenters. The van der Waals surface area contributed by atoms with Crippen LogP contribution in [0.15, 0.2) is 60.7 Å². The van der Waals surface area contributed by atoms with Crippen LogP contribution in [0, 0.1) is 13.8 Å². The van der Waals surface area contributed by atoms with E-state index in [1.165, 1.54) is 4.90 Å². The molecular weight excluding hydrogens is 366 g/mol. The van der Waals surface area contributed by atoms with Crippen molar-refractivity contribution in [3.8, 4) is 5.75 Å². The Morgan fingerprint density at radius 1 is 1.17 bits per heavy atom. The van der Waals surface area contributed by atoms with Crippen molar-refractivity contribution in [2.24, 2.45) is 0 Å². The van der Waals surface area contributed by atoms with Crippen molar-refractivity contribution in [3.63, 3.8) is 0 Å². The van der Waals surface area contributed by atoms with Crippen LogP contribution in [-0.4, -0.2) is 34.8 Å². The average molecular weight is 391 g/mol. The van der Waals surface area contributed by atoms with Crippen LogP contribution >= 0.6 is 0 Å². The molecule has 1 heterocycles. The molecule has 1 aliphatic heterocycles. The fourth-order valence-corrected chi connectivity index (χ4v) is 3.57. The summed E-state index contributed by atoms with van der Waals surface area (Å²) in [5.41, 5.74) is 3.23. The summed E-state index contributed by atoms with van der Waals surface area (Å²) in [6, 6.07) is 12.1. The highest BCUT2D eigenvalue weighted by Crippen LogP contribution is 2.39. The smallest absolute Gasteiger partial charge is 0.295 e. The number of aryl methyl sites for hydroxylation is 2. The van der Waals surface area contributed by atoms with Gasteiger partial charge in [-0.3, -0.25) is 9.59 Å². The number of ketones is 1. The van der Waals surface area contributed by atoms with Crippen molar-refractivity contribution in [1.82, 2.24) is 4.90 Å². The van der Waals surface area contributed by atoms with E-state index in [1.54, 1.807) is 24.3 Å². The SMILES string of the molecule is C=CCN1C(=O)C(=O)/C(=C(\O)c2ccc(OCC)c(C)c2)C1c1ccc(C)cc1. The lowest BCUT2D eigenvalue weighted by atomic mass is 9.94. The number of Topliss-reactive ketones (excluding diaryl/α,β-unsaturated/α-hetero) is 1. The minimum Gasteiger partial charge on any atom is -0.507 e. The maximum absolute atomic E-state index is 12.8. The summed E-state index contributed by atoms with van der Waals surface area (Å²) in [4.78, 5) is 26.9. The van der Waals surface area contributed by atoms with E-state index in [0.29, 0.717) is 17.9 Å². The highest BCUT2D eigenvalue weighted by molar-refractivity contribution is 6.46. The van der Waals surface area contributed by atoms with Crippen LogP contribution in [0.2, 0.25) is 0 Å². The molecule has 2 aromatic carbocycles. The van der Waals surface area contributed by atoms with Gasteiger partial charge in [-0.2, -0.15) is 0 Å². The molecule has 1 amide bonds. The molecule has 29 heavy (non-hydrogen) atoms. The zero-order valence-electron chi connectivity index (χ0n) is 16.9. The summed E-state index contributed by atoms with van der Waals surface area (Å²) in [6.07, 6.45) is 1.58. The van der Waals surface area contributed by atoms with Crippen LogP contribution in [0.25, 0.3) is 5.76 Å². The van der Waals surface area contributed by atoms with E-state index in [-0.39, 0.29) is 17.9 Å². The van der Waals surface area contributed by atoms with Gasteiger partial charge in [0, 0.05) is 12.1 Å². The lowest BCUT2D eigenvalue weighted by molar-refractivity contribution is -0.139. The van der Waals surface area contributed by atoms with Gasteiger partial charge in [0.15, 0.2) is 0 Å². The van der Waals surface area contributed by atoms with Gasteiger partial charge >= 0.3 is 0 Å². The average Bonchev–Trinajstić information content (AvgIpc) is 2.95. The Bertz CT molecular complexity index is 988. The number of ether oxygens (including phenoxy) is 1. The second-order valence-corrected chi connectivity index (χ2v) is 7.06. The number of likely N-dealkylation sites (tertiary alicyclic amines) is 1. The molecule has 2 aromatic rings. The topological polar surface area (TPSA) is 66.8 Å². The summed E-state index contributed by atoms with van der Waals surface area (Å²) in [5, 5.41) is 11.0. The monoisotopic (exact) mass is 391 g/mol. The van der Waals surface area contributed by atoms with Crippen LogP contribution in [0.4, 0.5) is 0 Å². The van der Waals surface area contributed by atoms with Gasteiger partial charge < -0.3 is 14.7 Å². The number of aliphatic hydroxyl groups excluding tert-OH is 1. The molecule has 1 saturated heterocycles. The second kappa shape index (κ2) is 8.35. The first-order valence-corrected chi connectivity index (χ1v) is 9.58. The van der Waals surface area contributed by atoms with Gasteiger partial charge in [0.2, 0.25) is 0 Å². The van der Waals surface area contributed by atoms with Crippen molar-refractivity contribution < 1.29 is 19.4 Å². The van der Waals surface area contributed by atoms with Crippen molar-refractivity contribution >= 4 is 17.4 Å². The number of amides is 1. The number of hydrogen-bond donors (Lipinski definition) is 1. The summed E-state index contributed by atoms with van der Waals surface area (Å²) >= 11 is 0. The van der Waals surface area contributed by atoms with E-state index in [2.05, 4.69) is 6.58 Å². The molecule has 150 valence electrons. The molecule has 1 aliphatic rings. The van der Waals surface area contributed by atoms with Crippen molar-refractivity contribution in [3.05, 3.63) is 82.9 Å². The van der Waals surface area contributed by atoms with Gasteiger partial charge in [-0.05, 0) is 50.1 Å². The van der Waals surface area contributed by atoms with E-state index >= 15 is 0 Å². The van der Waals surface area contributed by atoms with Gasteiger partial charge in [0.1, 0.15) is 11.5 Å². The molecular formula is C24H25NO4. The number of carbonyl (C=O) groups excluding carboxylic acids is 2. The standard InChI is InChI=1S/C24H25NO4/c1-5-13-25-21(17-9-7-15(3)8-10-17)20(23(27)24(25)28)22(26)18-11-12-19(29-6-2)16(4)14-18/h5,7-12,14,21,26H,1,6,13H2,2-4H3/b22-20-. The zero-order chi connectivity index (χ0) is 21.1. The van der Waals surface area contributed by atoms with Gasteiger partial charge in [0.25, 0.3) is 11.7 Å². The molecule has 5 nitrogen and oxygen atoms in total. The molecule has 1 fully saturated rings. The maximum Gasteiger partial charge on any atom is 0.295 e. The molecule has 0 radical (unpaired) electrons. The predicted octanol–water partition coefficient (Wildman–Crippen LogP) is 4.31. The Labute approximate surface area is 170 Å². The first-order valence-electron chi connectivity index (χ1n) is 9.58. The van der Waals surface area contributed by atoms with E-state index < -0.39 is 17.7 Å². The molecule has 1 N–H and O–H groups in total. The first kappa shape index (κ1) is 20.4. The first-order chi connectivity index (χ1) is 13.9. The predicted molar refractivity (Wildman–Crippen MR) is 113 cm³/mol. The third-order valence-electron chi connectivity index (χ3n) is 5.01. The normalized spacial score (nSPS) is 18.2. The van der Waals surface area contributed by atoms with Crippen LogP contribution in [-0.2, 0) is 9.59 Å². The Morgan fingerprint density at radius 3 is 2.45 bits per heavy atom. The van der Waals surface area contributed by atoms with Crippen molar-refractivity contribution in [2.45, 2.75) is 26.8 Å². The molecule has 0 saturated carbocycles. The number of benzene rings is 2. The minimum absolute atomic E-state index is 0.0873. The Morgan fingerprint density at radius 2 is 1.86 bits per heavy atom. The summed E-state index contributed by atoms with van der Waals surface area (Å²) in [7, 11) is 0. The third kappa shape index (κ3) is 3.81. The van der Waals surface area contributed by atoms with Gasteiger partial charge in [0.05, 0.1) is 18.2 Å².